The molecule has 1 heterocycles. The minimum atomic E-state index is -3.78. The van der Waals surface area contributed by atoms with E-state index in [9.17, 15) is 12.8 Å². The first-order valence-corrected chi connectivity index (χ1v) is 7.59. The summed E-state index contributed by atoms with van der Waals surface area (Å²) in [4.78, 5) is 0. The number of rotatable bonds is 4. The van der Waals surface area contributed by atoms with Crippen LogP contribution in [0.3, 0.4) is 0 Å². The lowest BCUT2D eigenvalue weighted by Crippen LogP contribution is -2.23. The third-order valence-corrected chi connectivity index (χ3v) is 4.91. The summed E-state index contributed by atoms with van der Waals surface area (Å²) in [5, 5.41) is 6.85. The topological polar surface area (TPSA) is 98.0 Å². The van der Waals surface area contributed by atoms with Crippen LogP contribution in [0, 0.1) is 5.82 Å². The molecule has 3 N–H and O–H groups in total. The second-order valence-corrected chi connectivity index (χ2v) is 6.84. The van der Waals surface area contributed by atoms with Crippen LogP contribution in [0.1, 0.15) is 5.56 Å². The second kappa shape index (κ2) is 5.37. The molecule has 0 radical (unpaired) electrons. The SMILES string of the molecule is Nc1nnc(S(=O)(=O)NCc2ccc(F)c(Cl)c2)s1. The lowest BCUT2D eigenvalue weighted by molar-refractivity contribution is 0.579. The van der Waals surface area contributed by atoms with Gasteiger partial charge in [0.2, 0.25) is 9.47 Å². The van der Waals surface area contributed by atoms with E-state index in [2.05, 4.69) is 14.9 Å². The first-order chi connectivity index (χ1) is 8.88. The largest absolute Gasteiger partial charge is 0.374 e. The van der Waals surface area contributed by atoms with Crippen molar-refractivity contribution in [3.05, 3.63) is 34.6 Å². The van der Waals surface area contributed by atoms with Gasteiger partial charge in [0.15, 0.2) is 0 Å². The van der Waals surface area contributed by atoms with Gasteiger partial charge in [0, 0.05) is 6.54 Å². The molecule has 0 fully saturated rings. The van der Waals surface area contributed by atoms with Crippen LogP contribution in [0.15, 0.2) is 22.5 Å². The van der Waals surface area contributed by atoms with Crippen LogP contribution in [0.2, 0.25) is 5.02 Å². The summed E-state index contributed by atoms with van der Waals surface area (Å²) < 4.78 is 38.6. The predicted molar refractivity (Wildman–Crippen MR) is 69.8 cm³/mol. The lowest BCUT2D eigenvalue weighted by atomic mass is 10.2. The molecule has 0 spiro atoms. The molecule has 0 atom stereocenters. The summed E-state index contributed by atoms with van der Waals surface area (Å²) in [6.07, 6.45) is 0. The molecular weight excluding hydrogens is 315 g/mol. The van der Waals surface area contributed by atoms with Crippen LogP contribution in [0.4, 0.5) is 9.52 Å². The Balaban J connectivity index is 2.11. The summed E-state index contributed by atoms with van der Waals surface area (Å²) in [6.45, 7) is -0.0399. The third kappa shape index (κ3) is 3.38. The van der Waals surface area contributed by atoms with Gasteiger partial charge in [-0.1, -0.05) is 29.0 Å². The number of nitrogens with zero attached hydrogens (tertiary/aromatic N) is 2. The Labute approximate surface area is 117 Å². The highest BCUT2D eigenvalue weighted by Crippen LogP contribution is 2.18. The summed E-state index contributed by atoms with van der Waals surface area (Å²) in [7, 11) is -3.78. The molecule has 2 aromatic rings. The Morgan fingerprint density at radius 3 is 2.74 bits per heavy atom. The number of nitrogens with one attached hydrogen (secondary N) is 1. The quantitative estimate of drug-likeness (QED) is 0.886. The van der Waals surface area contributed by atoms with Crippen molar-refractivity contribution >= 4 is 38.1 Å². The van der Waals surface area contributed by atoms with Gasteiger partial charge in [0.05, 0.1) is 5.02 Å². The average Bonchev–Trinajstić information content (AvgIpc) is 2.78. The molecule has 0 aliphatic heterocycles. The maximum Gasteiger partial charge on any atom is 0.270 e. The number of anilines is 1. The fraction of sp³-hybridized carbons (Fsp3) is 0.111. The van der Waals surface area contributed by atoms with Gasteiger partial charge in [0.25, 0.3) is 10.0 Å². The number of sulfonamides is 1. The number of benzene rings is 1. The van der Waals surface area contributed by atoms with Crippen LogP contribution in [0.25, 0.3) is 0 Å². The van der Waals surface area contributed by atoms with Gasteiger partial charge >= 0.3 is 0 Å². The van der Waals surface area contributed by atoms with E-state index in [4.69, 9.17) is 17.3 Å². The number of halogens is 2. The third-order valence-electron chi connectivity index (χ3n) is 2.10. The van der Waals surface area contributed by atoms with E-state index < -0.39 is 15.8 Å². The van der Waals surface area contributed by atoms with Gasteiger partial charge in [-0.3, -0.25) is 0 Å². The molecular formula is C9H8ClFN4O2S2. The van der Waals surface area contributed by atoms with Crippen molar-refractivity contribution in [3.63, 3.8) is 0 Å². The smallest absolute Gasteiger partial charge is 0.270 e. The number of hydrogen-bond acceptors (Lipinski definition) is 6. The molecule has 0 bridgehead atoms. The van der Waals surface area contributed by atoms with Crippen LogP contribution in [-0.2, 0) is 16.6 Å². The number of nitrogen functional groups attached to an aromatic ring is 1. The standard InChI is InChI=1S/C9H8ClFN4O2S2/c10-6-3-5(1-2-7(6)11)4-13-19(16,17)9-15-14-8(12)18-9/h1-3,13H,4H2,(H2,12,14). The molecule has 0 unspecified atom stereocenters. The number of nitrogens with two attached hydrogens (primary N) is 1. The second-order valence-electron chi connectivity index (χ2n) is 3.48. The van der Waals surface area contributed by atoms with Gasteiger partial charge in [-0.2, -0.15) is 0 Å². The lowest BCUT2D eigenvalue weighted by Gasteiger charge is -2.04. The summed E-state index contributed by atoms with van der Waals surface area (Å²) >= 11 is 6.35. The Hall–Kier alpha value is -1.29. The highest BCUT2D eigenvalue weighted by atomic mass is 35.5. The van der Waals surface area contributed by atoms with E-state index in [1.807, 2.05) is 0 Å². The molecule has 1 aromatic carbocycles. The van der Waals surface area contributed by atoms with Gasteiger partial charge in [-0.25, -0.2) is 17.5 Å². The first-order valence-electron chi connectivity index (χ1n) is 4.91. The van der Waals surface area contributed by atoms with Crippen LogP contribution >= 0.6 is 22.9 Å². The van der Waals surface area contributed by atoms with E-state index in [1.165, 1.54) is 12.1 Å². The Morgan fingerprint density at radius 1 is 1.42 bits per heavy atom. The molecule has 2 rings (SSSR count). The van der Waals surface area contributed by atoms with Crippen LogP contribution < -0.4 is 10.5 Å². The number of aromatic nitrogens is 2. The monoisotopic (exact) mass is 322 g/mol. The van der Waals surface area contributed by atoms with E-state index in [-0.39, 0.29) is 21.0 Å². The average molecular weight is 323 g/mol. The molecule has 19 heavy (non-hydrogen) atoms. The van der Waals surface area contributed by atoms with Crippen molar-refractivity contribution in [1.82, 2.24) is 14.9 Å². The van der Waals surface area contributed by atoms with E-state index >= 15 is 0 Å². The van der Waals surface area contributed by atoms with Crippen LogP contribution in [-0.4, -0.2) is 18.6 Å². The fourth-order valence-corrected chi connectivity index (χ4v) is 3.26. The molecule has 1 aromatic heterocycles. The van der Waals surface area contributed by atoms with Gasteiger partial charge < -0.3 is 5.73 Å². The molecule has 0 aliphatic carbocycles. The summed E-state index contributed by atoms with van der Waals surface area (Å²) in [5.41, 5.74) is 5.83. The van der Waals surface area contributed by atoms with Gasteiger partial charge in [0.1, 0.15) is 5.82 Å². The molecule has 0 saturated heterocycles. The van der Waals surface area contributed by atoms with E-state index in [1.54, 1.807) is 0 Å². The van der Waals surface area contributed by atoms with Gasteiger partial charge in [-0.15, -0.1) is 10.2 Å². The Morgan fingerprint density at radius 2 is 2.16 bits per heavy atom. The molecule has 6 nitrogen and oxygen atoms in total. The van der Waals surface area contributed by atoms with Crippen molar-refractivity contribution in [2.24, 2.45) is 0 Å². The van der Waals surface area contributed by atoms with Crippen molar-refractivity contribution in [3.8, 4) is 0 Å². The first kappa shape index (κ1) is 14.1. The van der Waals surface area contributed by atoms with E-state index in [0.29, 0.717) is 5.56 Å². The molecule has 0 aliphatic rings. The Bertz CT molecular complexity index is 704. The molecule has 10 heteroatoms. The van der Waals surface area contributed by atoms with Crippen molar-refractivity contribution in [1.29, 1.82) is 0 Å². The minimum Gasteiger partial charge on any atom is -0.374 e. The maximum absolute atomic E-state index is 12.9. The molecule has 102 valence electrons. The summed E-state index contributed by atoms with van der Waals surface area (Å²) in [6, 6.07) is 3.93. The fourth-order valence-electron chi connectivity index (χ4n) is 1.22. The van der Waals surface area contributed by atoms with Crippen molar-refractivity contribution in [2.45, 2.75) is 10.9 Å². The Kier molecular flexibility index (Phi) is 3.99. The normalized spacial score (nSPS) is 11.7. The molecule has 0 saturated carbocycles. The van der Waals surface area contributed by atoms with Crippen LogP contribution in [0.5, 0.6) is 0 Å². The zero-order valence-corrected chi connectivity index (χ0v) is 11.7. The van der Waals surface area contributed by atoms with Crippen molar-refractivity contribution in [2.75, 3.05) is 5.73 Å². The highest BCUT2D eigenvalue weighted by molar-refractivity contribution is 7.91. The highest BCUT2D eigenvalue weighted by Gasteiger charge is 2.19. The van der Waals surface area contributed by atoms with Gasteiger partial charge in [-0.05, 0) is 17.7 Å². The molecule has 0 amide bonds. The summed E-state index contributed by atoms with van der Waals surface area (Å²) in [5.74, 6) is -0.565. The zero-order valence-electron chi connectivity index (χ0n) is 9.30. The maximum atomic E-state index is 12.9. The zero-order chi connectivity index (χ0) is 14.0. The van der Waals surface area contributed by atoms with E-state index in [0.717, 1.165) is 17.4 Å². The number of hydrogen-bond donors (Lipinski definition) is 2. The minimum absolute atomic E-state index is 0.0399. The predicted octanol–water partition coefficient (Wildman–Crippen LogP) is 1.39. The van der Waals surface area contributed by atoms with Crippen molar-refractivity contribution < 1.29 is 12.8 Å².